The molecule has 1 amide bonds. The molecule has 0 unspecified atom stereocenters. The number of hydrogen-bond acceptors (Lipinski definition) is 5. The van der Waals surface area contributed by atoms with E-state index in [-0.39, 0.29) is 5.91 Å². The number of fused-ring (bicyclic) bond motifs is 1. The lowest BCUT2D eigenvalue weighted by Gasteiger charge is -2.05. The fraction of sp³-hybridized carbons (Fsp3) is 0. The molecule has 4 nitrogen and oxygen atoms in total. The van der Waals surface area contributed by atoms with Crippen molar-refractivity contribution in [3.05, 3.63) is 70.4 Å². The lowest BCUT2D eigenvalue weighted by molar-refractivity contribution is 0.103. The summed E-state index contributed by atoms with van der Waals surface area (Å²) in [6, 6.07) is 19.3. The number of nitriles is 1. The third-order valence-electron chi connectivity index (χ3n) is 3.65. The highest BCUT2D eigenvalue weighted by atomic mass is 32.1. The number of anilines is 1. The third kappa shape index (κ3) is 3.03. The molecule has 0 aliphatic rings. The minimum absolute atomic E-state index is 0.270. The van der Waals surface area contributed by atoms with E-state index in [9.17, 15) is 4.79 Å². The number of carbonyl (C=O) groups excluding carboxylic acids is 1. The van der Waals surface area contributed by atoms with Gasteiger partial charge in [0.05, 0.1) is 15.8 Å². The van der Waals surface area contributed by atoms with Crippen molar-refractivity contribution in [3.8, 4) is 16.6 Å². The van der Waals surface area contributed by atoms with Crippen LogP contribution in [0.2, 0.25) is 0 Å². The summed E-state index contributed by atoms with van der Waals surface area (Å²) < 4.78 is 1.13. The monoisotopic (exact) mass is 361 g/mol. The van der Waals surface area contributed by atoms with Gasteiger partial charge in [0.1, 0.15) is 16.0 Å². The van der Waals surface area contributed by atoms with Crippen molar-refractivity contribution in [3.63, 3.8) is 0 Å². The summed E-state index contributed by atoms with van der Waals surface area (Å²) in [6.45, 7) is 0. The molecule has 0 radical (unpaired) electrons. The van der Waals surface area contributed by atoms with E-state index in [2.05, 4.69) is 10.3 Å². The fourth-order valence-electron chi connectivity index (χ4n) is 2.49. The second kappa shape index (κ2) is 6.48. The molecule has 120 valence electrons. The van der Waals surface area contributed by atoms with Crippen LogP contribution in [0.15, 0.2) is 60.0 Å². The maximum absolute atomic E-state index is 12.4. The first-order chi connectivity index (χ1) is 12.2. The lowest BCUT2D eigenvalue weighted by atomic mass is 10.2. The number of thiazole rings is 1. The van der Waals surface area contributed by atoms with Gasteiger partial charge in [-0.25, -0.2) is 4.98 Å². The number of nitrogens with one attached hydrogen (secondary N) is 1. The van der Waals surface area contributed by atoms with E-state index in [1.807, 2.05) is 54.6 Å². The minimum Gasteiger partial charge on any atom is -0.321 e. The van der Waals surface area contributed by atoms with Crippen LogP contribution in [-0.4, -0.2) is 10.9 Å². The van der Waals surface area contributed by atoms with E-state index in [4.69, 9.17) is 5.26 Å². The summed E-state index contributed by atoms with van der Waals surface area (Å²) in [7, 11) is 0. The molecule has 0 saturated carbocycles. The molecule has 2 aromatic heterocycles. The van der Waals surface area contributed by atoms with Gasteiger partial charge < -0.3 is 5.32 Å². The van der Waals surface area contributed by atoms with E-state index in [1.165, 1.54) is 11.3 Å². The number of rotatable bonds is 3. The standard InChI is InChI=1S/C19H11N3OS2/c20-11-13-8-9-24-17(13)18(23)21-14-5-3-4-12(10-14)19-22-15-6-1-2-7-16(15)25-19/h1-10H,(H,21,23). The van der Waals surface area contributed by atoms with Gasteiger partial charge in [-0.1, -0.05) is 24.3 Å². The first-order valence-corrected chi connectivity index (χ1v) is 9.19. The van der Waals surface area contributed by atoms with Crippen molar-refractivity contribution < 1.29 is 4.79 Å². The van der Waals surface area contributed by atoms with Crippen LogP contribution in [0.5, 0.6) is 0 Å². The highest BCUT2D eigenvalue weighted by molar-refractivity contribution is 7.21. The van der Waals surface area contributed by atoms with Crippen LogP contribution < -0.4 is 5.32 Å². The van der Waals surface area contributed by atoms with E-state index < -0.39 is 0 Å². The van der Waals surface area contributed by atoms with Gasteiger partial charge in [0.2, 0.25) is 0 Å². The predicted molar refractivity (Wildman–Crippen MR) is 102 cm³/mol. The number of aromatic nitrogens is 1. The summed E-state index contributed by atoms with van der Waals surface area (Å²) in [5, 5.41) is 14.6. The maximum Gasteiger partial charge on any atom is 0.267 e. The Kier molecular flexibility index (Phi) is 4.02. The fourth-order valence-corrected chi connectivity index (χ4v) is 4.19. The zero-order chi connectivity index (χ0) is 17.2. The first kappa shape index (κ1) is 15.5. The number of carbonyl (C=O) groups is 1. The van der Waals surface area contributed by atoms with Crippen molar-refractivity contribution in [2.75, 3.05) is 5.32 Å². The van der Waals surface area contributed by atoms with Gasteiger partial charge in [0, 0.05) is 11.3 Å². The van der Waals surface area contributed by atoms with Crippen LogP contribution in [-0.2, 0) is 0 Å². The number of benzene rings is 2. The predicted octanol–water partition coefficient (Wildman–Crippen LogP) is 5.15. The van der Waals surface area contributed by atoms with E-state index >= 15 is 0 Å². The average Bonchev–Trinajstić information content (AvgIpc) is 3.28. The van der Waals surface area contributed by atoms with Crippen molar-refractivity contribution in [1.29, 1.82) is 5.26 Å². The van der Waals surface area contributed by atoms with Crippen LogP contribution in [0.3, 0.4) is 0 Å². The first-order valence-electron chi connectivity index (χ1n) is 7.49. The van der Waals surface area contributed by atoms with Gasteiger partial charge >= 0.3 is 0 Å². The Morgan fingerprint density at radius 2 is 2.00 bits per heavy atom. The van der Waals surface area contributed by atoms with Gasteiger partial charge in [-0.15, -0.1) is 22.7 Å². The summed E-state index contributed by atoms with van der Waals surface area (Å²) in [4.78, 5) is 17.4. The summed E-state index contributed by atoms with van der Waals surface area (Å²) in [5.41, 5.74) is 2.99. The molecule has 0 saturated heterocycles. The second-order valence-electron chi connectivity index (χ2n) is 5.30. The number of para-hydroxylation sites is 1. The normalized spacial score (nSPS) is 10.5. The van der Waals surface area contributed by atoms with Crippen LogP contribution >= 0.6 is 22.7 Å². The Balaban J connectivity index is 1.63. The molecule has 0 aliphatic carbocycles. The molecular formula is C19H11N3OS2. The minimum atomic E-state index is -0.270. The molecule has 1 N–H and O–H groups in total. The third-order valence-corrected chi connectivity index (χ3v) is 5.65. The summed E-state index contributed by atoms with van der Waals surface area (Å²) in [6.07, 6.45) is 0. The highest BCUT2D eigenvalue weighted by Crippen LogP contribution is 2.31. The molecule has 0 atom stereocenters. The molecule has 0 fully saturated rings. The van der Waals surface area contributed by atoms with Crippen molar-refractivity contribution in [2.24, 2.45) is 0 Å². The van der Waals surface area contributed by atoms with Gasteiger partial charge in [0.25, 0.3) is 5.91 Å². The average molecular weight is 361 g/mol. The molecule has 25 heavy (non-hydrogen) atoms. The number of amides is 1. The number of thiophene rings is 1. The van der Waals surface area contributed by atoms with Gasteiger partial charge in [-0.05, 0) is 35.7 Å². The molecular weight excluding hydrogens is 350 g/mol. The Bertz CT molecular complexity index is 1090. The Labute approximate surface area is 152 Å². The largest absolute Gasteiger partial charge is 0.321 e. The second-order valence-corrected chi connectivity index (χ2v) is 7.24. The SMILES string of the molecule is N#Cc1ccsc1C(=O)Nc1cccc(-c2nc3ccccc3s2)c1. The van der Waals surface area contributed by atoms with E-state index in [0.717, 1.165) is 20.8 Å². The van der Waals surface area contributed by atoms with Crippen LogP contribution in [0.4, 0.5) is 5.69 Å². The Morgan fingerprint density at radius 1 is 1.12 bits per heavy atom. The van der Waals surface area contributed by atoms with Gasteiger partial charge in [0.15, 0.2) is 0 Å². The van der Waals surface area contributed by atoms with Crippen molar-refractivity contribution in [2.45, 2.75) is 0 Å². The van der Waals surface area contributed by atoms with Crippen LogP contribution in [0.25, 0.3) is 20.8 Å². The molecule has 0 bridgehead atoms. The zero-order valence-corrected chi connectivity index (χ0v) is 14.5. The quantitative estimate of drug-likeness (QED) is 0.549. The van der Waals surface area contributed by atoms with Gasteiger partial charge in [-0.2, -0.15) is 5.26 Å². The van der Waals surface area contributed by atoms with Crippen LogP contribution in [0.1, 0.15) is 15.2 Å². The summed E-state index contributed by atoms with van der Waals surface area (Å²) >= 11 is 2.88. The van der Waals surface area contributed by atoms with Gasteiger partial charge in [-0.3, -0.25) is 4.79 Å². The van der Waals surface area contributed by atoms with E-state index in [1.54, 1.807) is 22.8 Å². The lowest BCUT2D eigenvalue weighted by Crippen LogP contribution is -2.11. The molecule has 2 heterocycles. The topological polar surface area (TPSA) is 65.8 Å². The molecule has 4 rings (SSSR count). The smallest absolute Gasteiger partial charge is 0.267 e. The maximum atomic E-state index is 12.4. The number of nitrogens with zero attached hydrogens (tertiary/aromatic N) is 2. The Hall–Kier alpha value is -3.01. The van der Waals surface area contributed by atoms with Crippen molar-refractivity contribution in [1.82, 2.24) is 4.98 Å². The zero-order valence-electron chi connectivity index (χ0n) is 12.9. The van der Waals surface area contributed by atoms with Crippen molar-refractivity contribution >= 4 is 44.5 Å². The molecule has 2 aromatic carbocycles. The highest BCUT2D eigenvalue weighted by Gasteiger charge is 2.14. The summed E-state index contributed by atoms with van der Waals surface area (Å²) in [5.74, 6) is -0.270. The molecule has 4 aromatic rings. The van der Waals surface area contributed by atoms with Crippen LogP contribution in [0, 0.1) is 11.3 Å². The van der Waals surface area contributed by atoms with E-state index in [0.29, 0.717) is 16.1 Å². The Morgan fingerprint density at radius 3 is 2.84 bits per heavy atom. The molecule has 6 heteroatoms. The molecule has 0 spiro atoms. The molecule has 0 aliphatic heterocycles. The number of hydrogen-bond donors (Lipinski definition) is 1.